The second-order valence-corrected chi connectivity index (χ2v) is 4.18. The van der Waals surface area contributed by atoms with Gasteiger partial charge in [0.2, 0.25) is 0 Å². The highest BCUT2D eigenvalue weighted by molar-refractivity contribution is 4.89. The molecule has 0 radical (unpaired) electrons. The molecule has 1 fully saturated rings. The van der Waals surface area contributed by atoms with Crippen molar-refractivity contribution in [3.8, 4) is 0 Å². The summed E-state index contributed by atoms with van der Waals surface area (Å²) in [6, 6.07) is 0. The second kappa shape index (κ2) is 6.06. The first-order valence-corrected chi connectivity index (χ1v) is 5.74. The Kier molecular flexibility index (Phi) is 4.95. The van der Waals surface area contributed by atoms with Gasteiger partial charge in [-0.2, -0.15) is 0 Å². The van der Waals surface area contributed by atoms with Gasteiger partial charge < -0.3 is 5.32 Å². The molecule has 0 spiro atoms. The molecule has 0 aromatic heterocycles. The zero-order valence-corrected chi connectivity index (χ0v) is 8.94. The van der Waals surface area contributed by atoms with Gasteiger partial charge in [-0.25, -0.2) is 0 Å². The number of hydrogen-bond acceptors (Lipinski definition) is 1. The minimum absolute atomic E-state index is 1.01. The van der Waals surface area contributed by atoms with Crippen LogP contribution in [0.5, 0.6) is 0 Å². The van der Waals surface area contributed by atoms with Gasteiger partial charge in [0.15, 0.2) is 0 Å². The van der Waals surface area contributed by atoms with E-state index in [-0.39, 0.29) is 0 Å². The summed E-state index contributed by atoms with van der Waals surface area (Å²) < 4.78 is 0. The zero-order chi connectivity index (χ0) is 9.52. The van der Waals surface area contributed by atoms with Gasteiger partial charge in [-0.3, -0.25) is 0 Å². The molecular weight excluding hydrogens is 158 g/mol. The summed E-state index contributed by atoms with van der Waals surface area (Å²) in [4.78, 5) is 0. The number of nitrogens with one attached hydrogen (secondary N) is 1. The topological polar surface area (TPSA) is 12.0 Å². The Bertz CT molecular complexity index is 147. The highest BCUT2D eigenvalue weighted by Crippen LogP contribution is 2.34. The van der Waals surface area contributed by atoms with Gasteiger partial charge in [0.1, 0.15) is 0 Å². The van der Waals surface area contributed by atoms with E-state index in [1.165, 1.54) is 50.6 Å². The number of rotatable bonds is 8. The summed E-state index contributed by atoms with van der Waals surface area (Å²) in [7, 11) is 0. The van der Waals surface area contributed by atoms with E-state index in [4.69, 9.17) is 0 Å². The Labute approximate surface area is 82.6 Å². The first-order chi connectivity index (χ1) is 6.33. The van der Waals surface area contributed by atoms with E-state index >= 15 is 0 Å². The Hall–Kier alpha value is -0.460. The lowest BCUT2D eigenvalue weighted by Crippen LogP contribution is -2.10. The normalized spacial score (nSPS) is 15.8. The third-order valence-electron chi connectivity index (χ3n) is 2.71. The minimum atomic E-state index is 1.01. The lowest BCUT2D eigenvalue weighted by atomic mass is 10.1. The van der Waals surface area contributed by atoms with Gasteiger partial charge in [0.25, 0.3) is 0 Å². The van der Waals surface area contributed by atoms with Crippen molar-refractivity contribution in [2.24, 2.45) is 5.92 Å². The van der Waals surface area contributed by atoms with Crippen molar-refractivity contribution in [3.05, 3.63) is 12.3 Å². The van der Waals surface area contributed by atoms with Gasteiger partial charge in [-0.15, -0.1) is 0 Å². The van der Waals surface area contributed by atoms with Gasteiger partial charge in [-0.1, -0.05) is 38.7 Å². The van der Waals surface area contributed by atoms with Gasteiger partial charge >= 0.3 is 0 Å². The summed E-state index contributed by atoms with van der Waals surface area (Å²) in [5, 5.41) is 3.26. The zero-order valence-electron chi connectivity index (χ0n) is 8.94. The molecule has 1 saturated carbocycles. The third kappa shape index (κ3) is 5.73. The Morgan fingerprint density at radius 1 is 1.31 bits per heavy atom. The van der Waals surface area contributed by atoms with E-state index in [1.807, 2.05) is 0 Å². The number of allylic oxidation sites excluding steroid dienone is 1. The molecule has 0 atom stereocenters. The van der Waals surface area contributed by atoms with Crippen LogP contribution in [0.1, 0.15) is 51.9 Å². The van der Waals surface area contributed by atoms with Crippen LogP contribution in [0.25, 0.3) is 0 Å². The van der Waals surface area contributed by atoms with Crippen LogP contribution in [0.2, 0.25) is 0 Å². The lowest BCUT2D eigenvalue weighted by Gasteiger charge is -2.06. The molecule has 0 heterocycles. The Morgan fingerprint density at radius 3 is 2.69 bits per heavy atom. The average molecular weight is 181 g/mol. The van der Waals surface area contributed by atoms with E-state index in [9.17, 15) is 0 Å². The molecule has 1 N–H and O–H groups in total. The predicted octanol–water partition coefficient (Wildman–Crippen LogP) is 3.47. The van der Waals surface area contributed by atoms with Gasteiger partial charge in [-0.05, 0) is 25.7 Å². The Morgan fingerprint density at radius 2 is 2.08 bits per heavy atom. The van der Waals surface area contributed by atoms with Crippen LogP contribution in [0, 0.1) is 5.92 Å². The van der Waals surface area contributed by atoms with Crippen molar-refractivity contribution in [2.45, 2.75) is 51.9 Å². The number of unbranched alkanes of at least 4 members (excludes halogenated alkanes) is 2. The molecule has 0 bridgehead atoms. The molecule has 76 valence electrons. The van der Waals surface area contributed by atoms with Crippen molar-refractivity contribution in [1.82, 2.24) is 5.32 Å². The molecule has 1 heteroatoms. The molecule has 0 aliphatic heterocycles. The molecule has 0 unspecified atom stereocenters. The molecule has 0 amide bonds. The molecule has 1 rings (SSSR count). The van der Waals surface area contributed by atoms with Crippen LogP contribution in [0.15, 0.2) is 12.3 Å². The predicted molar refractivity (Wildman–Crippen MR) is 58.6 cm³/mol. The molecule has 1 aliphatic rings. The molecule has 1 nitrogen and oxygen atoms in total. The minimum Gasteiger partial charge on any atom is -0.389 e. The highest BCUT2D eigenvalue weighted by Gasteiger charge is 2.19. The maximum atomic E-state index is 3.98. The van der Waals surface area contributed by atoms with Crippen LogP contribution in [-0.2, 0) is 0 Å². The quantitative estimate of drug-likeness (QED) is 0.565. The average Bonchev–Trinajstić information content (AvgIpc) is 2.88. The van der Waals surface area contributed by atoms with E-state index in [0.717, 1.165) is 12.5 Å². The van der Waals surface area contributed by atoms with Crippen molar-refractivity contribution < 1.29 is 0 Å². The van der Waals surface area contributed by atoms with Crippen molar-refractivity contribution in [1.29, 1.82) is 0 Å². The van der Waals surface area contributed by atoms with Crippen LogP contribution in [0.3, 0.4) is 0 Å². The maximum Gasteiger partial charge on any atom is 0.0115 e. The molecular formula is C12H23N. The first kappa shape index (κ1) is 10.6. The fourth-order valence-electron chi connectivity index (χ4n) is 1.69. The van der Waals surface area contributed by atoms with Gasteiger partial charge in [0.05, 0.1) is 0 Å². The molecule has 13 heavy (non-hydrogen) atoms. The van der Waals surface area contributed by atoms with Crippen molar-refractivity contribution >= 4 is 0 Å². The molecule has 0 aromatic rings. The first-order valence-electron chi connectivity index (χ1n) is 5.74. The number of hydrogen-bond donors (Lipinski definition) is 1. The molecule has 0 saturated heterocycles. The monoisotopic (exact) mass is 181 g/mol. The summed E-state index contributed by atoms with van der Waals surface area (Å²) in [6.07, 6.45) is 9.80. The molecule has 0 aromatic carbocycles. The largest absolute Gasteiger partial charge is 0.389 e. The second-order valence-electron chi connectivity index (χ2n) is 4.18. The Balaban J connectivity index is 1.79. The van der Waals surface area contributed by atoms with E-state index in [1.54, 1.807) is 0 Å². The van der Waals surface area contributed by atoms with Crippen LogP contribution in [-0.4, -0.2) is 6.54 Å². The van der Waals surface area contributed by atoms with E-state index in [2.05, 4.69) is 18.8 Å². The van der Waals surface area contributed by atoms with Crippen molar-refractivity contribution in [2.75, 3.05) is 6.54 Å². The summed E-state index contributed by atoms with van der Waals surface area (Å²) in [5.74, 6) is 1.11. The SMILES string of the molecule is C=C(CCCCCC1CC1)NCC. The summed E-state index contributed by atoms with van der Waals surface area (Å²) in [6.45, 7) is 7.12. The fourth-order valence-corrected chi connectivity index (χ4v) is 1.69. The van der Waals surface area contributed by atoms with Crippen molar-refractivity contribution in [3.63, 3.8) is 0 Å². The van der Waals surface area contributed by atoms with E-state index in [0.29, 0.717) is 0 Å². The lowest BCUT2D eigenvalue weighted by molar-refractivity contribution is 0.593. The van der Waals surface area contributed by atoms with Crippen LogP contribution in [0.4, 0.5) is 0 Å². The third-order valence-corrected chi connectivity index (χ3v) is 2.71. The summed E-state index contributed by atoms with van der Waals surface area (Å²) in [5.41, 5.74) is 1.22. The fraction of sp³-hybridized carbons (Fsp3) is 0.833. The standard InChI is InChI=1S/C12H23N/c1-3-13-11(2)7-5-4-6-8-12-9-10-12/h12-13H,2-10H2,1H3. The smallest absolute Gasteiger partial charge is 0.0115 e. The van der Waals surface area contributed by atoms with Gasteiger partial charge in [0, 0.05) is 12.2 Å². The molecule has 1 aliphatic carbocycles. The van der Waals surface area contributed by atoms with Crippen LogP contribution < -0.4 is 5.32 Å². The summed E-state index contributed by atoms with van der Waals surface area (Å²) >= 11 is 0. The maximum absolute atomic E-state index is 3.98. The highest BCUT2D eigenvalue weighted by atomic mass is 14.9. The van der Waals surface area contributed by atoms with Crippen LogP contribution >= 0.6 is 0 Å². The van der Waals surface area contributed by atoms with E-state index < -0.39 is 0 Å².